The summed E-state index contributed by atoms with van der Waals surface area (Å²) in [4.78, 5) is 3.80. The van der Waals surface area contributed by atoms with E-state index >= 15 is 0 Å². The van der Waals surface area contributed by atoms with Crippen molar-refractivity contribution in [1.29, 1.82) is 5.26 Å². The van der Waals surface area contributed by atoms with Gasteiger partial charge in [-0.1, -0.05) is 381 Å². The maximum Gasteiger partial charge on any atom is 0.187 e. The predicted octanol–water partition coefficient (Wildman–Crippen LogP) is 32.1. The maximum atomic E-state index is 14.9. The fraction of sp³-hybridized carbons (Fsp3) is 0.190. The minimum absolute atomic E-state index is 0.273. The van der Waals surface area contributed by atoms with E-state index in [4.69, 9.17) is 6.57 Å². The molecule has 0 amide bonds. The average molecular weight is 1990 g/mol. The maximum absolute atomic E-state index is 14.9. The smallest absolute Gasteiger partial charge is 0.187 e. The van der Waals surface area contributed by atoms with Crippen molar-refractivity contribution in [3.8, 4) is 73.3 Å². The number of hydrogen-bond donors (Lipinski definition) is 0. The molecule has 0 saturated carbocycles. The molecule has 0 radical (unpaired) electrons. The van der Waals surface area contributed by atoms with Crippen LogP contribution in [0.25, 0.3) is 202 Å². The monoisotopic (exact) mass is 1980 g/mol. The van der Waals surface area contributed by atoms with Crippen molar-refractivity contribution in [3.05, 3.63) is 344 Å². The molecule has 0 N–H and O–H groups in total. The van der Waals surface area contributed by atoms with Gasteiger partial charge in [-0.05, 0) is 221 Å². The van der Waals surface area contributed by atoms with Crippen LogP contribution in [0.4, 0.5) is 14.5 Å². The van der Waals surface area contributed by atoms with Crippen molar-refractivity contribution in [1.82, 2.24) is 18.3 Å². The zero-order valence-electron chi connectivity index (χ0n) is 86.5. The van der Waals surface area contributed by atoms with Crippen molar-refractivity contribution in [2.24, 2.45) is 0 Å². The molecule has 0 atom stereocenters. The summed E-state index contributed by atoms with van der Waals surface area (Å²) in [5.74, 6) is -0.547. The molecule has 6 nitrogen and oxygen atoms in total. The van der Waals surface area contributed by atoms with Gasteiger partial charge >= 0.3 is 0 Å². The SMILES string of the molecule is C[Si](C)(C)c1ccc2c(c1)c1cc([Si](C)(C)C)ccc1n2-c1ccc2c(-c3ccc(F)cc3)c3cc(-n4c5ccc([Si](C)(C)C)cc5c5cc([Si](C)(C)C)ccc54)ccc3c(-c3ccc(F)cc3)c2c1.[C-]#[N+]c1ccc(-c2c3ccc(-n4c5ccc([Si](C)(C)C)cc5c5cc([Si](C)(C)C)ccc54)cc3c(-c3ccc(C#N)cc3)c3ccc(-n4c5ccc([Si](C)(C)C)cc5c5cc([Si](C)(C)C)ccc54)cc23)cc1. The molecular weight excluding hydrogens is 1860 g/mol. The highest BCUT2D eigenvalue weighted by molar-refractivity contribution is 6.92. The molecule has 22 rings (SSSR count). The summed E-state index contributed by atoms with van der Waals surface area (Å²) >= 11 is 0. The zero-order valence-corrected chi connectivity index (χ0v) is 94.5. The molecule has 4 aromatic heterocycles. The second kappa shape index (κ2) is 34.3. The van der Waals surface area contributed by atoms with Gasteiger partial charge < -0.3 is 18.3 Å². The first kappa shape index (κ1) is 95.0. The third-order valence-corrected chi connectivity index (χ3v) is 46.4. The molecule has 0 spiro atoms. The third-order valence-electron chi connectivity index (χ3n) is 30.0. The van der Waals surface area contributed by atoms with Crippen LogP contribution < -0.4 is 41.5 Å². The van der Waals surface area contributed by atoms with Crippen LogP contribution in [-0.4, -0.2) is 82.9 Å². The molecular formula is C126H124F2N6Si8. The lowest BCUT2D eigenvalue weighted by Gasteiger charge is -2.21. The lowest BCUT2D eigenvalue weighted by Crippen LogP contribution is -2.37. The number of halogens is 2. The first-order chi connectivity index (χ1) is 67.2. The van der Waals surface area contributed by atoms with Crippen LogP contribution in [0.5, 0.6) is 0 Å². The summed E-state index contributed by atoms with van der Waals surface area (Å²) in [6.07, 6.45) is 0. The number of hydrogen-bond acceptors (Lipinski definition) is 1. The van der Waals surface area contributed by atoms with Gasteiger partial charge in [-0.15, -0.1) is 0 Å². The average Bonchev–Trinajstić information content (AvgIpc) is 1.09. The lowest BCUT2D eigenvalue weighted by molar-refractivity contribution is 0.627. The van der Waals surface area contributed by atoms with E-state index in [1.54, 1.807) is 24.3 Å². The Morgan fingerprint density at radius 3 is 0.549 bits per heavy atom. The van der Waals surface area contributed by atoms with Gasteiger partial charge in [-0.3, -0.25) is 0 Å². The zero-order chi connectivity index (χ0) is 100. The van der Waals surface area contributed by atoms with Gasteiger partial charge in [0, 0.05) is 65.8 Å². The number of aromatic nitrogens is 4. The number of benzene rings is 18. The highest BCUT2D eigenvalue weighted by Crippen LogP contribution is 2.51. The lowest BCUT2D eigenvalue weighted by atomic mass is 9.85. The molecule has 0 saturated heterocycles. The van der Waals surface area contributed by atoms with Crippen LogP contribution >= 0.6 is 0 Å². The standard InChI is InChI=1S/C64H62N4Si4.C62H62F2N2Si4/c1-66-44-20-18-43(19-21-44)64-52-29-23-45(67-59-30-24-47(69(2,3)4)36-53(59)54-37-48(70(5,6)7)25-31-60(54)67)34-57(52)63(42-16-14-41(40-65)15-17-42)51-28-22-46(35-58(51)64)68-61-32-26-49(71(8,9)10)38-55(61)56-39-50(72(11,12)13)27-33-62(56)68;1-67(2,3)45-23-29-57-51(35-45)52-36-46(68(4,5)6)24-30-58(52)65(57)43-21-27-49-55(33-43)61(39-13-17-41(63)18-14-39)50-28-22-44(34-56(50)62(49)40-15-19-42(64)20-16-40)66-59-31-25-47(69(7,8)9)37-53(59)54-38-48(70(10,11)12)26-32-60(54)66/h14-39H,2-13H3;13-38H,1-12H3. The Bertz CT molecular complexity index is 8310. The Morgan fingerprint density at radius 1 is 0.204 bits per heavy atom. The Kier molecular flexibility index (Phi) is 22.9. The summed E-state index contributed by atoms with van der Waals surface area (Å²) in [6.45, 7) is 66.1. The summed E-state index contributed by atoms with van der Waals surface area (Å²) in [5, 5.41) is 40.7. The van der Waals surface area contributed by atoms with Crippen molar-refractivity contribution in [2.75, 3.05) is 0 Å². The Morgan fingerprint density at radius 2 is 0.380 bits per heavy atom. The number of nitrogens with zero attached hydrogens (tertiary/aromatic N) is 6. The van der Waals surface area contributed by atoms with E-state index in [9.17, 15) is 14.0 Å². The normalized spacial score (nSPS) is 12.8. The van der Waals surface area contributed by atoms with Crippen LogP contribution in [0.1, 0.15) is 5.56 Å². The van der Waals surface area contributed by atoms with Gasteiger partial charge in [0.25, 0.3) is 0 Å². The van der Waals surface area contributed by atoms with Crippen molar-refractivity contribution >= 4 is 242 Å². The molecule has 18 aromatic carbocycles. The molecule has 0 aliphatic rings. The van der Waals surface area contributed by atoms with Gasteiger partial charge in [0.05, 0.1) is 127 Å². The second-order valence-electron chi connectivity index (χ2n) is 48.0. The Labute approximate surface area is 842 Å². The number of rotatable bonds is 16. The second-order valence-corrected chi connectivity index (χ2v) is 88.6. The summed E-state index contributed by atoms with van der Waals surface area (Å²) in [5.41, 5.74) is 23.4. The van der Waals surface area contributed by atoms with E-state index in [2.05, 4.69) is 429 Å². The van der Waals surface area contributed by atoms with Crippen LogP contribution in [0.2, 0.25) is 157 Å². The summed E-state index contributed by atoms with van der Waals surface area (Å²) in [7, 11) is -13.0. The topological polar surface area (TPSA) is 47.9 Å². The van der Waals surface area contributed by atoms with E-state index in [0.717, 1.165) is 110 Å². The van der Waals surface area contributed by atoms with Gasteiger partial charge in [0.2, 0.25) is 0 Å². The highest BCUT2D eigenvalue weighted by atomic mass is 28.3. The van der Waals surface area contributed by atoms with E-state index in [1.165, 1.54) is 129 Å². The van der Waals surface area contributed by atoms with E-state index in [0.29, 0.717) is 11.3 Å². The highest BCUT2D eigenvalue weighted by Gasteiger charge is 2.32. The van der Waals surface area contributed by atoms with E-state index < -0.39 is 64.6 Å². The quantitative estimate of drug-likeness (QED) is 0.0540. The molecule has 0 fully saturated rings. The molecule has 0 aliphatic heterocycles. The van der Waals surface area contributed by atoms with Crippen molar-refractivity contribution in [2.45, 2.75) is 157 Å². The van der Waals surface area contributed by atoms with E-state index in [1.807, 2.05) is 48.5 Å². The fourth-order valence-electron chi connectivity index (χ4n) is 21.8. The minimum Gasteiger partial charge on any atom is -0.309 e. The molecule has 142 heavy (non-hydrogen) atoms. The first-order valence-corrected chi connectivity index (χ1v) is 78.1. The predicted molar refractivity (Wildman–Crippen MR) is 637 cm³/mol. The fourth-order valence-corrected chi connectivity index (χ4v) is 31.1. The van der Waals surface area contributed by atoms with Gasteiger partial charge in [-0.2, -0.15) is 5.26 Å². The van der Waals surface area contributed by atoms with Gasteiger partial charge in [0.15, 0.2) is 5.69 Å². The van der Waals surface area contributed by atoms with Crippen molar-refractivity contribution in [3.63, 3.8) is 0 Å². The Hall–Kier alpha value is -13.2. The van der Waals surface area contributed by atoms with Crippen LogP contribution in [0, 0.1) is 29.5 Å². The summed E-state index contributed by atoms with van der Waals surface area (Å²) < 4.78 is 39.7. The molecule has 0 unspecified atom stereocenters. The van der Waals surface area contributed by atoms with E-state index in [-0.39, 0.29) is 11.6 Å². The van der Waals surface area contributed by atoms with Gasteiger partial charge in [0.1, 0.15) is 11.6 Å². The van der Waals surface area contributed by atoms with Crippen LogP contribution in [0.15, 0.2) is 315 Å². The number of fused-ring (bicyclic) bond motifs is 16. The molecule has 4 heterocycles. The Balaban J connectivity index is 0.000000168. The largest absolute Gasteiger partial charge is 0.309 e. The molecule has 0 bridgehead atoms. The van der Waals surface area contributed by atoms with Gasteiger partial charge in [-0.25, -0.2) is 13.6 Å². The third kappa shape index (κ3) is 16.7. The van der Waals surface area contributed by atoms with Crippen LogP contribution in [0.3, 0.4) is 0 Å². The molecule has 22 aromatic rings. The summed E-state index contributed by atoms with van der Waals surface area (Å²) in [6, 6.07) is 118. The number of nitriles is 1. The molecule has 16 heteroatoms. The molecule has 0 aliphatic carbocycles. The molecule has 704 valence electrons. The first-order valence-electron chi connectivity index (χ1n) is 50.1. The minimum atomic E-state index is -1.63. The van der Waals surface area contributed by atoms with Crippen molar-refractivity contribution < 1.29 is 8.78 Å². The van der Waals surface area contributed by atoms with Crippen LogP contribution in [-0.2, 0) is 0 Å².